The summed E-state index contributed by atoms with van der Waals surface area (Å²) in [5.41, 5.74) is 8.88. The van der Waals surface area contributed by atoms with E-state index in [0.29, 0.717) is 22.7 Å². The van der Waals surface area contributed by atoms with Crippen molar-refractivity contribution in [3.63, 3.8) is 0 Å². The fraction of sp³-hybridized carbons (Fsp3) is 0.250. The molecule has 0 aromatic heterocycles. The van der Waals surface area contributed by atoms with Crippen molar-refractivity contribution in [3.05, 3.63) is 59.2 Å². The number of nitrogens with two attached hydrogens (primary N) is 1. The van der Waals surface area contributed by atoms with Gasteiger partial charge in [-0.1, -0.05) is 24.3 Å². The monoisotopic (exact) mass is 304 g/mol. The van der Waals surface area contributed by atoms with Crippen LogP contribution in [0.2, 0.25) is 0 Å². The van der Waals surface area contributed by atoms with Gasteiger partial charge in [-0.2, -0.15) is 0 Å². The first kappa shape index (κ1) is 15.5. The van der Waals surface area contributed by atoms with Crippen molar-refractivity contribution < 1.29 is 8.42 Å². The summed E-state index contributed by atoms with van der Waals surface area (Å²) < 4.78 is 26.8. The number of aryl methyl sites for hydroxylation is 2. The summed E-state index contributed by atoms with van der Waals surface area (Å²) in [7, 11) is -2.00. The molecule has 4 nitrogen and oxygen atoms in total. The second-order valence-electron chi connectivity index (χ2n) is 5.12. The van der Waals surface area contributed by atoms with E-state index in [-0.39, 0.29) is 0 Å². The molecule has 2 aromatic carbocycles. The normalized spacial score (nSPS) is 11.4. The Morgan fingerprint density at radius 2 is 1.81 bits per heavy atom. The van der Waals surface area contributed by atoms with E-state index < -0.39 is 10.0 Å². The van der Waals surface area contributed by atoms with Gasteiger partial charge in [-0.15, -0.1) is 0 Å². The second-order valence-corrected chi connectivity index (χ2v) is 7.05. The second kappa shape index (κ2) is 5.87. The zero-order chi connectivity index (χ0) is 15.6. The third-order valence-corrected chi connectivity index (χ3v) is 5.42. The molecular formula is C16H20N2O2S. The van der Waals surface area contributed by atoms with Gasteiger partial charge in [0.15, 0.2) is 0 Å². The molecule has 0 heterocycles. The Hall–Kier alpha value is -1.85. The molecule has 5 heteroatoms. The number of sulfonamides is 1. The van der Waals surface area contributed by atoms with Crippen LogP contribution in [0.3, 0.4) is 0 Å². The zero-order valence-corrected chi connectivity index (χ0v) is 13.3. The van der Waals surface area contributed by atoms with Crippen LogP contribution in [0.15, 0.2) is 47.4 Å². The standard InChI is InChI=1S/C16H20N2O2S/c1-12-5-4-6-15(9-12)18(3)21(19,20)16-8-7-14(11-17)10-13(16)2/h4-10H,11,17H2,1-3H3. The topological polar surface area (TPSA) is 63.4 Å². The first-order valence-corrected chi connectivity index (χ1v) is 8.15. The summed E-state index contributed by atoms with van der Waals surface area (Å²) in [5, 5.41) is 0. The summed E-state index contributed by atoms with van der Waals surface area (Å²) in [6, 6.07) is 12.6. The van der Waals surface area contributed by atoms with Crippen LogP contribution in [0.4, 0.5) is 5.69 Å². The van der Waals surface area contributed by atoms with Crippen molar-refractivity contribution in [1.29, 1.82) is 0 Å². The number of rotatable bonds is 4. The molecular weight excluding hydrogens is 284 g/mol. The Kier molecular flexibility index (Phi) is 4.34. The van der Waals surface area contributed by atoms with Crippen molar-refractivity contribution in [2.24, 2.45) is 5.73 Å². The third-order valence-electron chi connectivity index (χ3n) is 3.48. The van der Waals surface area contributed by atoms with Crippen LogP contribution in [0.1, 0.15) is 16.7 Å². The molecule has 2 rings (SSSR count). The smallest absolute Gasteiger partial charge is 0.264 e. The summed E-state index contributed by atoms with van der Waals surface area (Å²) in [4.78, 5) is 0.309. The van der Waals surface area contributed by atoms with Crippen LogP contribution < -0.4 is 10.0 Å². The molecule has 2 aromatic rings. The van der Waals surface area contributed by atoms with Crippen LogP contribution in [0, 0.1) is 13.8 Å². The van der Waals surface area contributed by atoms with Gasteiger partial charge in [-0.05, 0) is 48.7 Å². The number of anilines is 1. The van der Waals surface area contributed by atoms with Crippen LogP contribution in [0.5, 0.6) is 0 Å². The minimum atomic E-state index is -3.57. The van der Waals surface area contributed by atoms with Gasteiger partial charge in [0.2, 0.25) is 0 Å². The van der Waals surface area contributed by atoms with Crippen molar-refractivity contribution in [3.8, 4) is 0 Å². The van der Waals surface area contributed by atoms with Crippen molar-refractivity contribution in [2.45, 2.75) is 25.3 Å². The molecule has 0 aliphatic rings. The maximum Gasteiger partial charge on any atom is 0.264 e. The number of hydrogen-bond donors (Lipinski definition) is 1. The summed E-state index contributed by atoms with van der Waals surface area (Å²) in [6.45, 7) is 4.12. The van der Waals surface area contributed by atoms with Gasteiger partial charge in [0, 0.05) is 13.6 Å². The first-order valence-electron chi connectivity index (χ1n) is 6.71. The summed E-state index contributed by atoms with van der Waals surface area (Å²) >= 11 is 0. The average Bonchev–Trinajstić information content (AvgIpc) is 2.45. The zero-order valence-electron chi connectivity index (χ0n) is 12.5. The number of nitrogens with zero attached hydrogens (tertiary/aromatic N) is 1. The van der Waals surface area contributed by atoms with Gasteiger partial charge in [0.1, 0.15) is 0 Å². The van der Waals surface area contributed by atoms with E-state index in [0.717, 1.165) is 11.1 Å². The molecule has 0 fully saturated rings. The largest absolute Gasteiger partial charge is 0.326 e. The molecule has 0 bridgehead atoms. The average molecular weight is 304 g/mol. The molecule has 0 aliphatic heterocycles. The van der Waals surface area contributed by atoms with Crippen molar-refractivity contribution >= 4 is 15.7 Å². The quantitative estimate of drug-likeness (QED) is 0.944. The molecule has 0 radical (unpaired) electrons. The van der Waals surface area contributed by atoms with Crippen molar-refractivity contribution in [2.75, 3.05) is 11.4 Å². The van der Waals surface area contributed by atoms with Crippen LogP contribution in [-0.4, -0.2) is 15.5 Å². The van der Waals surface area contributed by atoms with E-state index in [1.807, 2.05) is 31.2 Å². The van der Waals surface area contributed by atoms with Gasteiger partial charge < -0.3 is 5.73 Å². The summed E-state index contributed by atoms with van der Waals surface area (Å²) in [5.74, 6) is 0. The lowest BCUT2D eigenvalue weighted by molar-refractivity contribution is 0.593. The lowest BCUT2D eigenvalue weighted by Crippen LogP contribution is -2.27. The van der Waals surface area contributed by atoms with Gasteiger partial charge in [0.25, 0.3) is 10.0 Å². The lowest BCUT2D eigenvalue weighted by Gasteiger charge is -2.21. The van der Waals surface area contributed by atoms with Gasteiger partial charge in [0.05, 0.1) is 10.6 Å². The molecule has 21 heavy (non-hydrogen) atoms. The Morgan fingerprint density at radius 1 is 1.10 bits per heavy atom. The van der Waals surface area contributed by atoms with Crippen LogP contribution >= 0.6 is 0 Å². The van der Waals surface area contributed by atoms with Gasteiger partial charge in [-0.25, -0.2) is 8.42 Å². The molecule has 0 saturated carbocycles. The minimum Gasteiger partial charge on any atom is -0.326 e. The van der Waals surface area contributed by atoms with Crippen LogP contribution in [-0.2, 0) is 16.6 Å². The Labute approximate surface area is 126 Å². The van der Waals surface area contributed by atoms with E-state index in [2.05, 4.69) is 0 Å². The minimum absolute atomic E-state index is 0.309. The van der Waals surface area contributed by atoms with Gasteiger partial charge in [-0.3, -0.25) is 4.31 Å². The van der Waals surface area contributed by atoms with E-state index in [1.165, 1.54) is 4.31 Å². The highest BCUT2D eigenvalue weighted by molar-refractivity contribution is 7.92. The molecule has 2 N–H and O–H groups in total. The SMILES string of the molecule is Cc1cccc(N(C)S(=O)(=O)c2ccc(CN)cc2C)c1. The Balaban J connectivity index is 2.47. The van der Waals surface area contributed by atoms with E-state index in [9.17, 15) is 8.42 Å². The molecule has 0 spiro atoms. The molecule has 0 amide bonds. The van der Waals surface area contributed by atoms with Gasteiger partial charge >= 0.3 is 0 Å². The highest BCUT2D eigenvalue weighted by atomic mass is 32.2. The van der Waals surface area contributed by atoms with E-state index >= 15 is 0 Å². The molecule has 0 atom stereocenters. The Morgan fingerprint density at radius 3 is 2.38 bits per heavy atom. The molecule has 0 saturated heterocycles. The highest BCUT2D eigenvalue weighted by Crippen LogP contribution is 2.25. The molecule has 112 valence electrons. The fourth-order valence-corrected chi connectivity index (χ4v) is 3.63. The van der Waals surface area contributed by atoms with Crippen molar-refractivity contribution in [1.82, 2.24) is 0 Å². The number of hydrogen-bond acceptors (Lipinski definition) is 3. The predicted molar refractivity (Wildman–Crippen MR) is 85.8 cm³/mol. The third kappa shape index (κ3) is 3.09. The maximum atomic E-state index is 12.8. The summed E-state index contributed by atoms with van der Waals surface area (Å²) in [6.07, 6.45) is 0. The fourth-order valence-electron chi connectivity index (χ4n) is 2.24. The van der Waals surface area contributed by atoms with E-state index in [4.69, 9.17) is 5.73 Å². The molecule has 0 aliphatic carbocycles. The number of benzene rings is 2. The van der Waals surface area contributed by atoms with E-state index in [1.54, 1.807) is 32.2 Å². The first-order chi connectivity index (χ1) is 9.86. The molecule has 0 unspecified atom stereocenters. The lowest BCUT2D eigenvalue weighted by atomic mass is 10.1. The predicted octanol–water partition coefficient (Wildman–Crippen LogP) is 2.59. The van der Waals surface area contributed by atoms with Crippen LogP contribution in [0.25, 0.3) is 0 Å². The highest BCUT2D eigenvalue weighted by Gasteiger charge is 2.23. The Bertz CT molecular complexity index is 755. The maximum absolute atomic E-state index is 12.8.